The van der Waals surface area contributed by atoms with Gasteiger partial charge in [0.25, 0.3) is 5.69 Å². The van der Waals surface area contributed by atoms with E-state index in [1.165, 1.54) is 17.4 Å². The van der Waals surface area contributed by atoms with Crippen molar-refractivity contribution in [2.45, 2.75) is 6.10 Å². The van der Waals surface area contributed by atoms with Crippen LogP contribution in [0.5, 0.6) is 11.5 Å². The van der Waals surface area contributed by atoms with Crippen molar-refractivity contribution in [3.63, 3.8) is 0 Å². The van der Waals surface area contributed by atoms with E-state index in [-0.39, 0.29) is 11.8 Å². The van der Waals surface area contributed by atoms with Gasteiger partial charge in [0.2, 0.25) is 0 Å². The molecule has 1 unspecified atom stereocenters. The predicted octanol–water partition coefficient (Wildman–Crippen LogP) is 3.48. The summed E-state index contributed by atoms with van der Waals surface area (Å²) in [5.74, 6) is 1.50. The minimum Gasteiger partial charge on any atom is -0.486 e. The molecular weight excluding hydrogens is 342 g/mol. The quantitative estimate of drug-likeness (QED) is 0.525. The molecular formula is C17H15N3O4S. The highest BCUT2D eigenvalue weighted by Gasteiger charge is 2.23. The van der Waals surface area contributed by atoms with E-state index < -0.39 is 4.92 Å². The van der Waals surface area contributed by atoms with Gasteiger partial charge in [-0.2, -0.15) is 0 Å². The first-order valence-corrected chi connectivity index (χ1v) is 8.56. The minimum atomic E-state index is -0.396. The van der Waals surface area contributed by atoms with Crippen molar-refractivity contribution in [2.75, 3.05) is 25.1 Å². The molecule has 2 heterocycles. The lowest BCUT2D eigenvalue weighted by Crippen LogP contribution is -2.39. The minimum absolute atomic E-state index is 0.0750. The van der Waals surface area contributed by atoms with Gasteiger partial charge in [0.05, 0.1) is 21.7 Å². The number of nitro benzene ring substituents is 1. The Bertz CT molecular complexity index is 943. The molecule has 1 aromatic heterocycles. The fourth-order valence-electron chi connectivity index (χ4n) is 2.71. The molecule has 1 atom stereocenters. The van der Waals surface area contributed by atoms with Crippen LogP contribution in [0, 0.1) is 10.1 Å². The van der Waals surface area contributed by atoms with Gasteiger partial charge in [-0.15, -0.1) is 0 Å². The second kappa shape index (κ2) is 6.21. The van der Waals surface area contributed by atoms with Crippen LogP contribution in [0.2, 0.25) is 0 Å². The maximum atomic E-state index is 10.9. The van der Waals surface area contributed by atoms with E-state index in [0.29, 0.717) is 13.2 Å². The maximum Gasteiger partial charge on any atom is 0.270 e. The summed E-state index contributed by atoms with van der Waals surface area (Å²) in [7, 11) is 1.93. The first-order chi connectivity index (χ1) is 12.1. The first-order valence-electron chi connectivity index (χ1n) is 7.75. The van der Waals surface area contributed by atoms with Crippen LogP contribution in [0.1, 0.15) is 0 Å². The fourth-order valence-corrected chi connectivity index (χ4v) is 3.68. The maximum absolute atomic E-state index is 10.9. The van der Waals surface area contributed by atoms with Crippen LogP contribution in [0.25, 0.3) is 10.2 Å². The van der Waals surface area contributed by atoms with Gasteiger partial charge in [0.1, 0.15) is 6.61 Å². The van der Waals surface area contributed by atoms with E-state index in [9.17, 15) is 10.1 Å². The average Bonchev–Trinajstić information content (AvgIpc) is 3.05. The van der Waals surface area contributed by atoms with E-state index in [0.717, 1.165) is 26.8 Å². The second-order valence-electron chi connectivity index (χ2n) is 5.78. The van der Waals surface area contributed by atoms with Gasteiger partial charge < -0.3 is 14.4 Å². The van der Waals surface area contributed by atoms with Gasteiger partial charge in [-0.25, -0.2) is 4.98 Å². The summed E-state index contributed by atoms with van der Waals surface area (Å²) in [6.07, 6.45) is -0.110. The van der Waals surface area contributed by atoms with Gasteiger partial charge in [-0.3, -0.25) is 10.1 Å². The molecule has 1 aliphatic heterocycles. The second-order valence-corrected chi connectivity index (χ2v) is 6.79. The SMILES string of the molecule is CN(CC1COc2ccccc2O1)c1nc2ccc([N+](=O)[O-])cc2s1. The number of rotatable bonds is 4. The Balaban J connectivity index is 1.50. The lowest BCUT2D eigenvalue weighted by molar-refractivity contribution is -0.384. The van der Waals surface area contributed by atoms with Crippen molar-refractivity contribution in [1.82, 2.24) is 4.98 Å². The zero-order chi connectivity index (χ0) is 17.4. The van der Waals surface area contributed by atoms with Crippen LogP contribution >= 0.6 is 11.3 Å². The number of anilines is 1. The molecule has 0 fully saturated rings. The van der Waals surface area contributed by atoms with E-state index in [1.54, 1.807) is 12.1 Å². The lowest BCUT2D eigenvalue weighted by Gasteiger charge is -2.29. The summed E-state index contributed by atoms with van der Waals surface area (Å²) in [6, 6.07) is 12.3. The van der Waals surface area contributed by atoms with Crippen LogP contribution in [-0.4, -0.2) is 36.2 Å². The Morgan fingerprint density at radius 2 is 2.12 bits per heavy atom. The van der Waals surface area contributed by atoms with Gasteiger partial charge in [0.15, 0.2) is 22.7 Å². The number of non-ortho nitro benzene ring substituents is 1. The van der Waals surface area contributed by atoms with E-state index in [2.05, 4.69) is 4.98 Å². The van der Waals surface area contributed by atoms with Gasteiger partial charge in [-0.1, -0.05) is 23.5 Å². The average molecular weight is 357 g/mol. The molecule has 128 valence electrons. The fraction of sp³-hybridized carbons (Fsp3) is 0.235. The van der Waals surface area contributed by atoms with Crippen molar-refractivity contribution in [1.29, 1.82) is 0 Å². The highest BCUT2D eigenvalue weighted by Crippen LogP contribution is 2.33. The third-order valence-corrected chi connectivity index (χ3v) is 5.08. The highest BCUT2D eigenvalue weighted by molar-refractivity contribution is 7.22. The number of aromatic nitrogens is 1. The van der Waals surface area contributed by atoms with Gasteiger partial charge in [0, 0.05) is 19.2 Å². The standard InChI is InChI=1S/C17H15N3O4S/c1-19(9-12-10-23-14-4-2-3-5-15(14)24-12)17-18-13-7-6-11(20(21)22)8-16(13)25-17/h2-8,12H,9-10H2,1H3. The first kappa shape index (κ1) is 15.6. The summed E-state index contributed by atoms with van der Waals surface area (Å²) < 4.78 is 12.5. The number of hydrogen-bond acceptors (Lipinski definition) is 7. The summed E-state index contributed by atoms with van der Waals surface area (Å²) in [6.45, 7) is 1.08. The number of para-hydroxylation sites is 2. The lowest BCUT2D eigenvalue weighted by atomic mass is 10.2. The zero-order valence-corrected chi connectivity index (χ0v) is 14.2. The predicted molar refractivity (Wildman–Crippen MR) is 95.9 cm³/mol. The molecule has 3 aromatic rings. The molecule has 0 radical (unpaired) electrons. The zero-order valence-electron chi connectivity index (χ0n) is 13.4. The molecule has 1 aliphatic rings. The third-order valence-electron chi connectivity index (χ3n) is 3.94. The van der Waals surface area contributed by atoms with Crippen LogP contribution in [0.15, 0.2) is 42.5 Å². The summed E-state index contributed by atoms with van der Waals surface area (Å²) >= 11 is 1.43. The molecule has 0 spiro atoms. The molecule has 2 aromatic carbocycles. The van der Waals surface area contributed by atoms with Crippen molar-refractivity contribution in [3.05, 3.63) is 52.6 Å². The molecule has 0 N–H and O–H groups in total. The molecule has 0 bridgehead atoms. The Hall–Kier alpha value is -2.87. The molecule has 0 saturated heterocycles. The third kappa shape index (κ3) is 3.08. The Labute approximate surface area is 147 Å². The normalized spacial score (nSPS) is 16.0. The topological polar surface area (TPSA) is 77.7 Å². The molecule has 0 saturated carbocycles. The molecule has 25 heavy (non-hydrogen) atoms. The summed E-state index contributed by atoms with van der Waals surface area (Å²) in [5, 5.41) is 11.7. The molecule has 0 amide bonds. The Morgan fingerprint density at radius 1 is 1.32 bits per heavy atom. The number of likely N-dealkylation sites (N-methyl/N-ethyl adjacent to an activating group) is 1. The Kier molecular flexibility index (Phi) is 3.89. The monoisotopic (exact) mass is 357 g/mol. The van der Waals surface area contributed by atoms with Crippen LogP contribution in [-0.2, 0) is 0 Å². The summed E-state index contributed by atoms with van der Waals surface area (Å²) in [5.41, 5.74) is 0.828. The molecule has 4 rings (SSSR count). The van der Waals surface area contributed by atoms with Gasteiger partial charge in [-0.05, 0) is 18.2 Å². The number of thiazole rings is 1. The number of fused-ring (bicyclic) bond motifs is 2. The Morgan fingerprint density at radius 3 is 2.92 bits per heavy atom. The number of nitrogens with zero attached hydrogens (tertiary/aromatic N) is 3. The van der Waals surface area contributed by atoms with Crippen molar-refractivity contribution in [3.8, 4) is 11.5 Å². The van der Waals surface area contributed by atoms with Crippen LogP contribution in [0.3, 0.4) is 0 Å². The van der Waals surface area contributed by atoms with E-state index in [4.69, 9.17) is 9.47 Å². The van der Waals surface area contributed by atoms with E-state index >= 15 is 0 Å². The number of benzene rings is 2. The number of nitro groups is 1. The van der Waals surface area contributed by atoms with Crippen molar-refractivity contribution < 1.29 is 14.4 Å². The van der Waals surface area contributed by atoms with Crippen molar-refractivity contribution in [2.24, 2.45) is 0 Å². The summed E-state index contributed by atoms with van der Waals surface area (Å²) in [4.78, 5) is 17.0. The largest absolute Gasteiger partial charge is 0.486 e. The smallest absolute Gasteiger partial charge is 0.270 e. The highest BCUT2D eigenvalue weighted by atomic mass is 32.1. The van der Waals surface area contributed by atoms with Crippen LogP contribution < -0.4 is 14.4 Å². The van der Waals surface area contributed by atoms with E-state index in [1.807, 2.05) is 36.2 Å². The molecule has 8 heteroatoms. The number of ether oxygens (including phenoxy) is 2. The number of hydrogen-bond donors (Lipinski definition) is 0. The van der Waals surface area contributed by atoms with Crippen molar-refractivity contribution >= 4 is 32.4 Å². The van der Waals surface area contributed by atoms with Gasteiger partial charge >= 0.3 is 0 Å². The molecule has 7 nitrogen and oxygen atoms in total. The van der Waals surface area contributed by atoms with Crippen LogP contribution in [0.4, 0.5) is 10.8 Å². The molecule has 0 aliphatic carbocycles.